The van der Waals surface area contributed by atoms with Crippen LogP contribution in [-0.4, -0.2) is 49.2 Å². The van der Waals surface area contributed by atoms with Gasteiger partial charge >= 0.3 is 0 Å². The number of hydrazone groups is 1. The first kappa shape index (κ1) is 10.4. The molecule has 0 aromatic carbocycles. The molecular formula is C10H18N3O2+. The van der Waals surface area contributed by atoms with Gasteiger partial charge in [-0.15, -0.1) is 4.68 Å². The SMILES string of the molecule is C[N+]1=CCC(C(=O)NC[C@@H]2CCCO2)N1. The van der Waals surface area contributed by atoms with Crippen molar-refractivity contribution in [2.24, 2.45) is 0 Å². The minimum atomic E-state index is -0.114. The lowest BCUT2D eigenvalue weighted by Crippen LogP contribution is -2.45. The number of hydrogen-bond acceptors (Lipinski definition) is 3. The van der Waals surface area contributed by atoms with E-state index in [1.165, 1.54) is 0 Å². The zero-order chi connectivity index (χ0) is 10.7. The normalized spacial score (nSPS) is 29.8. The van der Waals surface area contributed by atoms with Gasteiger partial charge in [-0.05, 0) is 12.8 Å². The van der Waals surface area contributed by atoms with Gasteiger partial charge in [0.15, 0.2) is 19.3 Å². The maximum atomic E-state index is 11.7. The smallest absolute Gasteiger partial charge is 0.248 e. The van der Waals surface area contributed by atoms with E-state index >= 15 is 0 Å². The van der Waals surface area contributed by atoms with Crippen LogP contribution in [0.2, 0.25) is 0 Å². The second-order valence-electron chi connectivity index (χ2n) is 4.09. The van der Waals surface area contributed by atoms with Crippen LogP contribution in [0, 0.1) is 0 Å². The van der Waals surface area contributed by atoms with Crippen molar-refractivity contribution in [3.05, 3.63) is 0 Å². The lowest BCUT2D eigenvalue weighted by atomic mass is 10.2. The van der Waals surface area contributed by atoms with Gasteiger partial charge in [-0.2, -0.15) is 5.43 Å². The van der Waals surface area contributed by atoms with Gasteiger partial charge in [0.2, 0.25) is 5.91 Å². The molecule has 2 aliphatic rings. The average molecular weight is 212 g/mol. The Morgan fingerprint density at radius 1 is 1.73 bits per heavy atom. The number of rotatable bonds is 3. The zero-order valence-corrected chi connectivity index (χ0v) is 9.03. The molecule has 2 rings (SSSR count). The molecule has 5 nitrogen and oxygen atoms in total. The molecule has 5 heteroatoms. The molecule has 84 valence electrons. The summed E-state index contributed by atoms with van der Waals surface area (Å²) in [6, 6.07) is -0.114. The number of carbonyl (C=O) groups excluding carboxylic acids is 1. The predicted octanol–water partition coefficient (Wildman–Crippen LogP) is -0.728. The molecular weight excluding hydrogens is 194 g/mol. The van der Waals surface area contributed by atoms with Gasteiger partial charge in [-0.1, -0.05) is 0 Å². The summed E-state index contributed by atoms with van der Waals surface area (Å²) in [4.78, 5) is 11.7. The number of nitrogens with zero attached hydrogens (tertiary/aromatic N) is 1. The first-order valence-electron chi connectivity index (χ1n) is 5.47. The third-order valence-electron chi connectivity index (χ3n) is 2.82. The Labute approximate surface area is 89.5 Å². The van der Waals surface area contributed by atoms with Gasteiger partial charge in [0.25, 0.3) is 0 Å². The van der Waals surface area contributed by atoms with Crippen molar-refractivity contribution in [1.82, 2.24) is 10.7 Å². The number of nitrogens with one attached hydrogen (secondary N) is 2. The summed E-state index contributed by atoms with van der Waals surface area (Å²) in [6.45, 7) is 1.47. The molecule has 0 aromatic rings. The van der Waals surface area contributed by atoms with E-state index in [0.717, 1.165) is 25.9 Å². The molecule has 2 N–H and O–H groups in total. The van der Waals surface area contributed by atoms with Crippen LogP contribution in [0.3, 0.4) is 0 Å². The summed E-state index contributed by atoms with van der Waals surface area (Å²) in [6.07, 6.45) is 5.12. The molecule has 0 bridgehead atoms. The van der Waals surface area contributed by atoms with E-state index in [9.17, 15) is 4.79 Å². The lowest BCUT2D eigenvalue weighted by Gasteiger charge is -2.12. The Balaban J connectivity index is 1.68. The standard InChI is InChI=1S/C10H17N3O2/c1-13-5-4-9(12-13)10(14)11-7-8-3-2-6-15-8/h5,8-9,12H,2-4,6-7H2,1H3/p+1/t8-,9?/m0/s1. The number of carbonyl (C=O) groups is 1. The highest BCUT2D eigenvalue weighted by atomic mass is 16.5. The van der Waals surface area contributed by atoms with Crippen molar-refractivity contribution >= 4 is 12.1 Å². The fourth-order valence-electron chi connectivity index (χ4n) is 1.92. The highest BCUT2D eigenvalue weighted by Gasteiger charge is 2.27. The lowest BCUT2D eigenvalue weighted by molar-refractivity contribution is -0.550. The van der Waals surface area contributed by atoms with Crippen LogP contribution < -0.4 is 10.7 Å². The van der Waals surface area contributed by atoms with E-state index in [1.807, 2.05) is 17.9 Å². The van der Waals surface area contributed by atoms with Crippen LogP contribution >= 0.6 is 0 Å². The van der Waals surface area contributed by atoms with E-state index in [4.69, 9.17) is 4.74 Å². The largest absolute Gasteiger partial charge is 0.376 e. The predicted molar refractivity (Wildman–Crippen MR) is 55.8 cm³/mol. The fourth-order valence-corrected chi connectivity index (χ4v) is 1.92. The summed E-state index contributed by atoms with van der Waals surface area (Å²) < 4.78 is 7.26. The summed E-state index contributed by atoms with van der Waals surface area (Å²) in [5.74, 6) is 0.0612. The maximum Gasteiger partial charge on any atom is 0.248 e. The van der Waals surface area contributed by atoms with Crippen molar-refractivity contribution in [3.8, 4) is 0 Å². The number of hydrogen-bond donors (Lipinski definition) is 2. The van der Waals surface area contributed by atoms with Crippen LogP contribution in [0.1, 0.15) is 19.3 Å². The van der Waals surface area contributed by atoms with Gasteiger partial charge in [-0.3, -0.25) is 4.79 Å². The maximum absolute atomic E-state index is 11.7. The van der Waals surface area contributed by atoms with Crippen LogP contribution in [0.15, 0.2) is 0 Å². The van der Waals surface area contributed by atoms with E-state index < -0.39 is 0 Å². The summed E-state index contributed by atoms with van der Waals surface area (Å²) in [5.41, 5.74) is 3.05. The molecule has 0 aromatic heterocycles. The summed E-state index contributed by atoms with van der Waals surface area (Å²) >= 11 is 0. The van der Waals surface area contributed by atoms with Crippen LogP contribution in [0.4, 0.5) is 0 Å². The Kier molecular flexibility index (Phi) is 3.20. The molecule has 1 fully saturated rings. The van der Waals surface area contributed by atoms with Crippen molar-refractivity contribution in [2.45, 2.75) is 31.4 Å². The molecule has 0 radical (unpaired) electrons. The average Bonchev–Trinajstić information content (AvgIpc) is 2.84. The highest BCUT2D eigenvalue weighted by molar-refractivity contribution is 5.84. The third-order valence-corrected chi connectivity index (χ3v) is 2.82. The molecule has 15 heavy (non-hydrogen) atoms. The van der Waals surface area contributed by atoms with E-state index in [-0.39, 0.29) is 18.1 Å². The molecule has 0 spiro atoms. The van der Waals surface area contributed by atoms with E-state index in [0.29, 0.717) is 6.54 Å². The Morgan fingerprint density at radius 3 is 3.20 bits per heavy atom. The number of ether oxygens (including phenoxy) is 1. The van der Waals surface area contributed by atoms with Crippen LogP contribution in [0.5, 0.6) is 0 Å². The topological polar surface area (TPSA) is 53.4 Å². The molecule has 0 saturated carbocycles. The summed E-state index contributed by atoms with van der Waals surface area (Å²) in [7, 11) is 1.90. The Hall–Kier alpha value is -1.10. The fraction of sp³-hybridized carbons (Fsp3) is 0.800. The monoisotopic (exact) mass is 212 g/mol. The molecule has 1 amide bonds. The number of amides is 1. The molecule has 0 aliphatic carbocycles. The van der Waals surface area contributed by atoms with E-state index in [1.54, 1.807) is 0 Å². The van der Waals surface area contributed by atoms with Gasteiger partial charge in [0.05, 0.1) is 12.5 Å². The van der Waals surface area contributed by atoms with Gasteiger partial charge in [0, 0.05) is 13.2 Å². The van der Waals surface area contributed by atoms with Crippen molar-refractivity contribution < 1.29 is 14.2 Å². The van der Waals surface area contributed by atoms with E-state index in [2.05, 4.69) is 10.7 Å². The molecule has 2 atom stereocenters. The van der Waals surface area contributed by atoms with Gasteiger partial charge in [-0.25, -0.2) is 0 Å². The first-order chi connectivity index (χ1) is 7.25. The summed E-state index contributed by atoms with van der Waals surface area (Å²) in [5, 5.41) is 2.91. The van der Waals surface area contributed by atoms with Gasteiger partial charge in [0.1, 0.15) is 0 Å². The minimum Gasteiger partial charge on any atom is -0.376 e. The second kappa shape index (κ2) is 4.61. The second-order valence-corrected chi connectivity index (χ2v) is 4.09. The van der Waals surface area contributed by atoms with Crippen molar-refractivity contribution in [1.29, 1.82) is 0 Å². The van der Waals surface area contributed by atoms with Crippen LogP contribution in [-0.2, 0) is 9.53 Å². The molecule has 1 unspecified atom stereocenters. The third kappa shape index (κ3) is 2.68. The first-order valence-corrected chi connectivity index (χ1v) is 5.47. The quantitative estimate of drug-likeness (QED) is 0.607. The Bertz CT molecular complexity index is 272. The highest BCUT2D eigenvalue weighted by Crippen LogP contribution is 2.10. The molecule has 1 saturated heterocycles. The minimum absolute atomic E-state index is 0.0612. The Morgan fingerprint density at radius 2 is 2.60 bits per heavy atom. The van der Waals surface area contributed by atoms with Crippen molar-refractivity contribution in [3.63, 3.8) is 0 Å². The molecule has 2 heterocycles. The zero-order valence-electron chi connectivity index (χ0n) is 9.03. The van der Waals surface area contributed by atoms with Gasteiger partial charge < -0.3 is 10.1 Å². The van der Waals surface area contributed by atoms with Crippen molar-refractivity contribution in [2.75, 3.05) is 20.2 Å². The number of hydrazine groups is 1. The van der Waals surface area contributed by atoms with Crippen LogP contribution in [0.25, 0.3) is 0 Å². The molecule has 2 aliphatic heterocycles.